The van der Waals surface area contributed by atoms with Crippen LogP contribution in [0.5, 0.6) is 5.75 Å². The summed E-state index contributed by atoms with van der Waals surface area (Å²) in [6.07, 6.45) is 1.02. The van der Waals surface area contributed by atoms with Gasteiger partial charge in [-0.1, -0.05) is 48.5 Å². The topological polar surface area (TPSA) is 105 Å². The smallest absolute Gasteiger partial charge is 0.414 e. The Kier molecular flexibility index (Phi) is 10.9. The van der Waals surface area contributed by atoms with Crippen molar-refractivity contribution in [2.45, 2.75) is 6.42 Å². The number of carboxylic acid groups (broad SMARTS) is 2. The van der Waals surface area contributed by atoms with E-state index >= 15 is 0 Å². The maximum atomic E-state index is 9.10. The molecule has 146 valence electrons. The molecule has 0 atom stereocenters. The Morgan fingerprint density at radius 1 is 0.889 bits per heavy atom. The number of para-hydroxylation sites is 1. The highest BCUT2D eigenvalue weighted by molar-refractivity contribution is 6.27. The summed E-state index contributed by atoms with van der Waals surface area (Å²) in [4.78, 5) is 18.2. The summed E-state index contributed by atoms with van der Waals surface area (Å²) < 4.78 is 10.9. The third-order valence-electron chi connectivity index (χ3n) is 3.39. The Morgan fingerprint density at radius 3 is 2.15 bits per heavy atom. The van der Waals surface area contributed by atoms with Crippen LogP contribution >= 0.6 is 0 Å². The second kappa shape index (κ2) is 13.3. The van der Waals surface area contributed by atoms with Gasteiger partial charge in [-0.25, -0.2) is 9.59 Å². The van der Waals surface area contributed by atoms with Crippen LogP contribution < -0.4 is 10.1 Å². The number of nitrogens with one attached hydrogen (secondary N) is 1. The zero-order valence-corrected chi connectivity index (χ0v) is 15.3. The summed E-state index contributed by atoms with van der Waals surface area (Å²) >= 11 is 0. The average Bonchev–Trinajstić information content (AvgIpc) is 2.69. The Bertz CT molecular complexity index is 678. The average molecular weight is 375 g/mol. The molecule has 0 heterocycles. The first kappa shape index (κ1) is 22.1. The number of carboxylic acids is 2. The second-order valence-corrected chi connectivity index (χ2v) is 5.42. The highest BCUT2D eigenvalue weighted by atomic mass is 16.5. The van der Waals surface area contributed by atoms with Crippen molar-refractivity contribution in [1.82, 2.24) is 5.32 Å². The molecule has 0 aliphatic carbocycles. The molecule has 0 saturated carbocycles. The fourth-order valence-electron chi connectivity index (χ4n) is 2.15. The molecule has 0 aromatic heterocycles. The number of benzene rings is 2. The molecule has 0 unspecified atom stereocenters. The van der Waals surface area contributed by atoms with Gasteiger partial charge in [0.25, 0.3) is 0 Å². The van der Waals surface area contributed by atoms with Gasteiger partial charge in [0.15, 0.2) is 0 Å². The van der Waals surface area contributed by atoms with Crippen molar-refractivity contribution in [2.24, 2.45) is 0 Å². The van der Waals surface area contributed by atoms with E-state index in [0.717, 1.165) is 37.4 Å². The van der Waals surface area contributed by atoms with E-state index in [9.17, 15) is 0 Å². The van der Waals surface area contributed by atoms with Crippen LogP contribution in [0.3, 0.4) is 0 Å². The Balaban J connectivity index is 0.000000527. The summed E-state index contributed by atoms with van der Waals surface area (Å²) in [6, 6.07) is 18.5. The lowest BCUT2D eigenvalue weighted by Gasteiger charge is -2.12. The second-order valence-electron chi connectivity index (χ2n) is 5.42. The van der Waals surface area contributed by atoms with Crippen LogP contribution in [-0.2, 0) is 14.3 Å². The number of ether oxygens (including phenoxy) is 2. The van der Waals surface area contributed by atoms with E-state index in [1.165, 1.54) is 5.56 Å². The molecule has 2 aromatic rings. The third kappa shape index (κ3) is 9.39. The summed E-state index contributed by atoms with van der Waals surface area (Å²) in [5, 5.41) is 18.1. The van der Waals surface area contributed by atoms with Crippen LogP contribution in [-0.4, -0.2) is 55.6 Å². The monoisotopic (exact) mass is 375 g/mol. The minimum Gasteiger partial charge on any atom is -0.492 e. The first-order chi connectivity index (χ1) is 13.1. The number of rotatable bonds is 9. The van der Waals surface area contributed by atoms with Gasteiger partial charge < -0.3 is 25.0 Å². The van der Waals surface area contributed by atoms with Crippen molar-refractivity contribution in [3.8, 4) is 16.9 Å². The lowest BCUT2D eigenvalue weighted by Crippen LogP contribution is -2.23. The van der Waals surface area contributed by atoms with Gasteiger partial charge in [-0.3, -0.25) is 0 Å². The van der Waals surface area contributed by atoms with Crippen LogP contribution in [0.1, 0.15) is 6.42 Å². The fourth-order valence-corrected chi connectivity index (χ4v) is 2.15. The minimum absolute atomic E-state index is 0.664. The quantitative estimate of drug-likeness (QED) is 0.457. The molecule has 3 N–H and O–H groups in total. The first-order valence-corrected chi connectivity index (χ1v) is 8.49. The molecule has 0 spiro atoms. The van der Waals surface area contributed by atoms with Gasteiger partial charge in [0.1, 0.15) is 12.4 Å². The molecule has 2 rings (SSSR count). The van der Waals surface area contributed by atoms with Gasteiger partial charge in [0.2, 0.25) is 0 Å². The van der Waals surface area contributed by atoms with Gasteiger partial charge in [0, 0.05) is 25.8 Å². The van der Waals surface area contributed by atoms with Crippen molar-refractivity contribution in [2.75, 3.05) is 33.4 Å². The predicted molar refractivity (Wildman–Crippen MR) is 102 cm³/mol. The molecule has 7 heteroatoms. The van der Waals surface area contributed by atoms with Gasteiger partial charge in [-0.15, -0.1) is 0 Å². The van der Waals surface area contributed by atoms with Crippen LogP contribution in [0.15, 0.2) is 54.6 Å². The van der Waals surface area contributed by atoms with Crippen molar-refractivity contribution in [3.05, 3.63) is 54.6 Å². The van der Waals surface area contributed by atoms with Crippen LogP contribution in [0.4, 0.5) is 0 Å². The molecular weight excluding hydrogens is 350 g/mol. The van der Waals surface area contributed by atoms with E-state index in [4.69, 9.17) is 29.3 Å². The molecular formula is C20H25NO6. The number of methoxy groups -OCH3 is 1. The molecule has 0 aliphatic rings. The molecule has 27 heavy (non-hydrogen) atoms. The highest BCUT2D eigenvalue weighted by Crippen LogP contribution is 2.29. The molecule has 2 aromatic carbocycles. The first-order valence-electron chi connectivity index (χ1n) is 8.49. The normalized spacial score (nSPS) is 9.81. The van der Waals surface area contributed by atoms with Gasteiger partial charge in [-0.05, 0) is 24.6 Å². The Hall–Kier alpha value is -2.90. The maximum absolute atomic E-state index is 9.10. The molecule has 0 fully saturated rings. The zero-order valence-electron chi connectivity index (χ0n) is 15.3. The lowest BCUT2D eigenvalue weighted by molar-refractivity contribution is -0.159. The molecule has 0 aliphatic heterocycles. The fraction of sp³-hybridized carbons (Fsp3) is 0.300. The predicted octanol–water partition coefficient (Wildman–Crippen LogP) is 2.51. The summed E-state index contributed by atoms with van der Waals surface area (Å²) in [5.74, 6) is -2.72. The lowest BCUT2D eigenvalue weighted by atomic mass is 10.1. The van der Waals surface area contributed by atoms with Gasteiger partial charge in [0.05, 0.1) is 0 Å². The number of hydrogen-bond donors (Lipinski definition) is 3. The third-order valence-corrected chi connectivity index (χ3v) is 3.39. The molecule has 0 radical (unpaired) electrons. The SMILES string of the molecule is COCCCNCCOc1ccccc1-c1ccccc1.O=C(O)C(=O)O. The highest BCUT2D eigenvalue weighted by Gasteiger charge is 2.05. The molecule has 0 saturated heterocycles. The molecule has 0 bridgehead atoms. The van der Waals surface area contributed by atoms with E-state index < -0.39 is 11.9 Å². The van der Waals surface area contributed by atoms with E-state index in [1.54, 1.807) is 7.11 Å². The molecule has 0 amide bonds. The standard InChI is InChI=1S/C18H23NO2.C2H2O4/c1-20-14-7-12-19-13-15-21-18-11-6-5-10-17(18)16-8-3-2-4-9-16;3-1(4)2(5)6/h2-6,8-11,19H,7,12-15H2,1H3;(H,3,4)(H,5,6). The number of aliphatic carboxylic acids is 2. The zero-order chi connectivity index (χ0) is 19.9. The van der Waals surface area contributed by atoms with Crippen LogP contribution in [0.25, 0.3) is 11.1 Å². The largest absolute Gasteiger partial charge is 0.492 e. The maximum Gasteiger partial charge on any atom is 0.414 e. The van der Waals surface area contributed by atoms with Gasteiger partial charge in [-0.2, -0.15) is 0 Å². The summed E-state index contributed by atoms with van der Waals surface area (Å²) in [7, 11) is 1.73. The van der Waals surface area contributed by atoms with Crippen molar-refractivity contribution in [1.29, 1.82) is 0 Å². The summed E-state index contributed by atoms with van der Waals surface area (Å²) in [5.41, 5.74) is 2.32. The van der Waals surface area contributed by atoms with Crippen molar-refractivity contribution in [3.63, 3.8) is 0 Å². The van der Waals surface area contributed by atoms with Crippen LogP contribution in [0.2, 0.25) is 0 Å². The summed E-state index contributed by atoms with van der Waals surface area (Å²) in [6.45, 7) is 3.26. The van der Waals surface area contributed by atoms with Gasteiger partial charge >= 0.3 is 11.9 Å². The Labute approximate surface area is 158 Å². The van der Waals surface area contributed by atoms with E-state index in [0.29, 0.717) is 6.61 Å². The van der Waals surface area contributed by atoms with E-state index in [1.807, 2.05) is 36.4 Å². The molecule has 7 nitrogen and oxygen atoms in total. The number of hydrogen-bond acceptors (Lipinski definition) is 5. The minimum atomic E-state index is -1.82. The number of carbonyl (C=O) groups is 2. The van der Waals surface area contributed by atoms with E-state index in [2.05, 4.69) is 23.5 Å². The Morgan fingerprint density at radius 2 is 1.52 bits per heavy atom. The van der Waals surface area contributed by atoms with Crippen molar-refractivity contribution < 1.29 is 29.3 Å². The van der Waals surface area contributed by atoms with Crippen molar-refractivity contribution >= 4 is 11.9 Å². The van der Waals surface area contributed by atoms with Crippen LogP contribution in [0, 0.1) is 0 Å². The van der Waals surface area contributed by atoms with E-state index in [-0.39, 0.29) is 0 Å².